The molecule has 0 aliphatic heterocycles. The molecule has 0 radical (unpaired) electrons. The first-order valence-electron chi connectivity index (χ1n) is 3.70. The van der Waals surface area contributed by atoms with Gasteiger partial charge in [-0.2, -0.15) is 8.78 Å². The lowest BCUT2D eigenvalue weighted by Gasteiger charge is -1.94. The first-order valence-corrected chi connectivity index (χ1v) is 3.70. The van der Waals surface area contributed by atoms with Crippen molar-refractivity contribution in [2.24, 2.45) is 0 Å². The van der Waals surface area contributed by atoms with Crippen LogP contribution in [0, 0.1) is 0 Å². The first kappa shape index (κ1) is 8.84. The Bertz CT molecular complexity index is 252. The van der Waals surface area contributed by atoms with E-state index >= 15 is 0 Å². The molecule has 3 heteroatoms. The predicted molar refractivity (Wildman–Crippen MR) is 42.9 cm³/mol. The summed E-state index contributed by atoms with van der Waals surface area (Å²) in [5, 5.41) is 0. The fourth-order valence-corrected chi connectivity index (χ4v) is 0.875. The minimum atomic E-state index is -1.62. The van der Waals surface area contributed by atoms with Crippen molar-refractivity contribution in [1.82, 2.24) is 4.98 Å². The summed E-state index contributed by atoms with van der Waals surface area (Å²) >= 11 is 0. The minimum absolute atomic E-state index is 0.347. The molecule has 0 aliphatic rings. The Kier molecular flexibility index (Phi) is 3.38. The Hall–Kier alpha value is -1.25. The van der Waals surface area contributed by atoms with Crippen molar-refractivity contribution < 1.29 is 8.78 Å². The highest BCUT2D eigenvalue weighted by atomic mass is 19.3. The van der Waals surface area contributed by atoms with Crippen LogP contribution in [0.5, 0.6) is 0 Å². The van der Waals surface area contributed by atoms with Crippen molar-refractivity contribution in [3.05, 3.63) is 42.2 Å². The van der Waals surface area contributed by atoms with Crippen LogP contribution in [0.4, 0.5) is 8.78 Å². The highest BCUT2D eigenvalue weighted by Crippen LogP contribution is 2.03. The van der Waals surface area contributed by atoms with Gasteiger partial charge in [0.15, 0.2) is 0 Å². The molecule has 0 atom stereocenters. The maximum Gasteiger partial charge on any atom is 0.266 e. The number of halogens is 2. The zero-order chi connectivity index (χ0) is 8.81. The van der Waals surface area contributed by atoms with E-state index in [2.05, 4.69) is 4.98 Å². The largest absolute Gasteiger partial charge is 0.266 e. The maximum absolute atomic E-state index is 11.6. The molecule has 0 spiro atoms. The van der Waals surface area contributed by atoms with Crippen LogP contribution in [0.2, 0.25) is 0 Å². The zero-order valence-corrected chi connectivity index (χ0v) is 6.50. The zero-order valence-electron chi connectivity index (χ0n) is 6.50. The summed E-state index contributed by atoms with van der Waals surface area (Å²) in [4.78, 5) is 4.00. The molecule has 0 amide bonds. The van der Waals surface area contributed by atoms with Gasteiger partial charge in [-0.3, -0.25) is 4.98 Å². The number of aromatic nitrogens is 1. The number of rotatable bonds is 3. The van der Waals surface area contributed by atoms with Gasteiger partial charge in [-0.25, -0.2) is 0 Å². The van der Waals surface area contributed by atoms with Gasteiger partial charge < -0.3 is 0 Å². The fourth-order valence-electron chi connectivity index (χ4n) is 0.875. The third-order valence-electron chi connectivity index (χ3n) is 1.43. The third kappa shape index (κ3) is 3.23. The van der Waals surface area contributed by atoms with E-state index < -0.39 is 6.08 Å². The molecular formula is C9H9F2N. The topological polar surface area (TPSA) is 12.9 Å². The molecule has 0 N–H and O–H groups in total. The van der Waals surface area contributed by atoms with E-state index in [1.807, 2.05) is 12.1 Å². The highest BCUT2D eigenvalue weighted by Gasteiger charge is 1.92. The van der Waals surface area contributed by atoms with Gasteiger partial charge >= 0.3 is 0 Å². The lowest BCUT2D eigenvalue weighted by molar-refractivity contribution is 0.417. The molecule has 1 nitrogen and oxygen atoms in total. The monoisotopic (exact) mass is 169 g/mol. The Morgan fingerprint density at radius 3 is 2.83 bits per heavy atom. The molecule has 0 aromatic carbocycles. The molecule has 0 saturated carbocycles. The molecule has 1 aromatic rings. The van der Waals surface area contributed by atoms with Crippen molar-refractivity contribution in [1.29, 1.82) is 0 Å². The van der Waals surface area contributed by atoms with E-state index in [1.54, 1.807) is 12.3 Å². The highest BCUT2D eigenvalue weighted by molar-refractivity contribution is 5.04. The van der Waals surface area contributed by atoms with Gasteiger partial charge in [0.05, 0.1) is 0 Å². The Balaban J connectivity index is 2.39. The molecule has 12 heavy (non-hydrogen) atoms. The molecule has 1 aromatic heterocycles. The quantitative estimate of drug-likeness (QED) is 0.678. The average molecular weight is 169 g/mol. The minimum Gasteiger partial charge on any atom is -0.261 e. The van der Waals surface area contributed by atoms with Crippen LogP contribution >= 0.6 is 0 Å². The van der Waals surface area contributed by atoms with Crippen LogP contribution in [0.15, 0.2) is 36.6 Å². The van der Waals surface area contributed by atoms with Gasteiger partial charge in [-0.1, -0.05) is 6.07 Å². The van der Waals surface area contributed by atoms with Gasteiger partial charge in [0, 0.05) is 11.9 Å². The van der Waals surface area contributed by atoms with Crippen LogP contribution in [-0.4, -0.2) is 4.98 Å². The summed E-state index contributed by atoms with van der Waals surface area (Å²) in [7, 11) is 0. The van der Waals surface area contributed by atoms with Crippen molar-refractivity contribution in [3.63, 3.8) is 0 Å². The van der Waals surface area contributed by atoms with E-state index in [1.165, 1.54) is 0 Å². The second-order valence-electron chi connectivity index (χ2n) is 2.35. The fraction of sp³-hybridized carbons (Fsp3) is 0.222. The van der Waals surface area contributed by atoms with Crippen molar-refractivity contribution in [2.45, 2.75) is 12.8 Å². The molecule has 0 aliphatic carbocycles. The average Bonchev–Trinajstić information content (AvgIpc) is 2.05. The Morgan fingerprint density at radius 2 is 2.25 bits per heavy atom. The van der Waals surface area contributed by atoms with Crippen LogP contribution in [0.25, 0.3) is 0 Å². The summed E-state index contributed by atoms with van der Waals surface area (Å²) in [6.07, 6.45) is 1.86. The molecule has 1 heterocycles. The van der Waals surface area contributed by atoms with Gasteiger partial charge in [0.25, 0.3) is 6.08 Å². The van der Waals surface area contributed by atoms with Gasteiger partial charge in [-0.05, 0) is 31.1 Å². The molecule has 0 unspecified atom stereocenters. The van der Waals surface area contributed by atoms with Crippen molar-refractivity contribution in [3.8, 4) is 0 Å². The number of aryl methyl sites for hydroxylation is 1. The van der Waals surface area contributed by atoms with E-state index in [0.29, 0.717) is 12.8 Å². The SMILES string of the molecule is FC(F)=CCCc1ccccn1. The third-order valence-corrected chi connectivity index (χ3v) is 1.43. The van der Waals surface area contributed by atoms with E-state index in [-0.39, 0.29) is 0 Å². The van der Waals surface area contributed by atoms with Crippen LogP contribution in [0.3, 0.4) is 0 Å². The number of hydrogen-bond donors (Lipinski definition) is 0. The number of allylic oxidation sites excluding steroid dienone is 1. The summed E-state index contributed by atoms with van der Waals surface area (Å²) in [5.41, 5.74) is 0.843. The van der Waals surface area contributed by atoms with Gasteiger partial charge in [0.1, 0.15) is 0 Å². The van der Waals surface area contributed by atoms with E-state index in [4.69, 9.17) is 0 Å². The maximum atomic E-state index is 11.6. The normalized spacial score (nSPS) is 9.50. The molecular weight excluding hydrogens is 160 g/mol. The van der Waals surface area contributed by atoms with Crippen LogP contribution in [-0.2, 0) is 6.42 Å². The smallest absolute Gasteiger partial charge is 0.261 e. The number of pyridine rings is 1. The Labute approximate surface area is 69.8 Å². The second-order valence-corrected chi connectivity index (χ2v) is 2.35. The van der Waals surface area contributed by atoms with Crippen LogP contribution < -0.4 is 0 Å². The van der Waals surface area contributed by atoms with E-state index in [9.17, 15) is 8.78 Å². The lowest BCUT2D eigenvalue weighted by Crippen LogP contribution is -1.86. The first-order chi connectivity index (χ1) is 5.79. The van der Waals surface area contributed by atoms with Gasteiger partial charge in [-0.15, -0.1) is 0 Å². The molecule has 0 saturated heterocycles. The molecule has 1 rings (SSSR count). The van der Waals surface area contributed by atoms with Gasteiger partial charge in [0.2, 0.25) is 0 Å². The van der Waals surface area contributed by atoms with E-state index in [0.717, 1.165) is 11.8 Å². The standard InChI is InChI=1S/C9H9F2N/c10-9(11)6-3-5-8-4-1-2-7-12-8/h1-2,4,6-7H,3,5H2. The number of nitrogens with zero attached hydrogens (tertiary/aromatic N) is 1. The molecule has 0 fully saturated rings. The Morgan fingerprint density at radius 1 is 1.42 bits per heavy atom. The van der Waals surface area contributed by atoms with Crippen LogP contribution in [0.1, 0.15) is 12.1 Å². The summed E-state index contributed by atoms with van der Waals surface area (Å²) in [5.74, 6) is 0. The molecule has 64 valence electrons. The van der Waals surface area contributed by atoms with Crippen molar-refractivity contribution >= 4 is 0 Å². The molecule has 0 bridgehead atoms. The lowest BCUT2D eigenvalue weighted by atomic mass is 10.2. The summed E-state index contributed by atoms with van der Waals surface area (Å²) in [6, 6.07) is 5.47. The number of hydrogen-bond acceptors (Lipinski definition) is 1. The summed E-state index contributed by atoms with van der Waals surface area (Å²) < 4.78 is 23.2. The van der Waals surface area contributed by atoms with Crippen molar-refractivity contribution in [2.75, 3.05) is 0 Å². The second kappa shape index (κ2) is 4.59. The summed E-state index contributed by atoms with van der Waals surface area (Å²) in [6.45, 7) is 0. The predicted octanol–water partition coefficient (Wildman–Crippen LogP) is 2.79.